The number of carbonyl (C=O) groups excluding carboxylic acids is 2. The van der Waals surface area contributed by atoms with Crippen molar-refractivity contribution in [1.82, 2.24) is 4.98 Å². The summed E-state index contributed by atoms with van der Waals surface area (Å²) < 4.78 is 23.6. The molecular weight excluding hydrogens is 363 g/mol. The highest BCUT2D eigenvalue weighted by atomic mass is 35.5. The average Bonchev–Trinajstić information content (AvgIpc) is 2.58. The van der Waals surface area contributed by atoms with Gasteiger partial charge in [-0.1, -0.05) is 11.6 Å². The normalized spacial score (nSPS) is 12.2. The molecule has 0 saturated carbocycles. The summed E-state index contributed by atoms with van der Waals surface area (Å²) in [5, 5.41) is 2.65. The van der Waals surface area contributed by atoms with Gasteiger partial charge in [-0.25, -0.2) is 14.2 Å². The Kier molecular flexibility index (Phi) is 6.15. The largest absolute Gasteiger partial charge is 0.476 e. The van der Waals surface area contributed by atoms with Crippen LogP contribution in [-0.2, 0) is 14.3 Å². The van der Waals surface area contributed by atoms with Gasteiger partial charge in [0.15, 0.2) is 16.9 Å². The molecule has 1 N–H and O–H groups in total. The zero-order valence-electron chi connectivity index (χ0n) is 14.5. The Hall–Kier alpha value is -2.67. The van der Waals surface area contributed by atoms with Crippen LogP contribution >= 0.6 is 11.6 Å². The highest BCUT2D eigenvalue weighted by molar-refractivity contribution is 6.32. The van der Waals surface area contributed by atoms with Gasteiger partial charge in [-0.2, -0.15) is 0 Å². The van der Waals surface area contributed by atoms with Crippen molar-refractivity contribution < 1.29 is 23.5 Å². The maximum absolute atomic E-state index is 12.9. The summed E-state index contributed by atoms with van der Waals surface area (Å²) in [5.41, 5.74) is -1.07. The van der Waals surface area contributed by atoms with Gasteiger partial charge in [0.2, 0.25) is 0 Å². The van der Waals surface area contributed by atoms with E-state index in [1.54, 1.807) is 12.1 Å². The number of nitrogens with one attached hydrogen (secondary N) is 1. The average molecular weight is 381 g/mol. The van der Waals surface area contributed by atoms with Crippen molar-refractivity contribution in [1.29, 1.82) is 0 Å². The van der Waals surface area contributed by atoms with Gasteiger partial charge in [0.25, 0.3) is 5.91 Å². The molecule has 1 heterocycles. The molecular formula is C18H18ClFN2O4. The van der Waals surface area contributed by atoms with Crippen molar-refractivity contribution in [2.75, 3.05) is 5.32 Å². The Morgan fingerprint density at radius 1 is 1.23 bits per heavy atom. The fourth-order valence-corrected chi connectivity index (χ4v) is 2.08. The van der Waals surface area contributed by atoms with Gasteiger partial charge in [0.05, 0.1) is 5.69 Å². The van der Waals surface area contributed by atoms with Gasteiger partial charge < -0.3 is 14.8 Å². The zero-order chi connectivity index (χ0) is 19.3. The molecule has 0 radical (unpaired) electrons. The van der Waals surface area contributed by atoms with Crippen molar-refractivity contribution in [3.63, 3.8) is 0 Å². The Balaban J connectivity index is 1.97. The SMILES string of the molecule is C[C@@H](OC(=O)C(C)(C)Oc1ccc(F)cc1)C(=O)Nc1cccnc1Cl. The number of rotatable bonds is 6. The first kappa shape index (κ1) is 19.7. The van der Waals surface area contributed by atoms with Crippen LogP contribution in [0.1, 0.15) is 20.8 Å². The molecule has 2 rings (SSSR count). The summed E-state index contributed by atoms with van der Waals surface area (Å²) in [6.07, 6.45) is 0.395. The fourth-order valence-electron chi connectivity index (χ4n) is 1.91. The van der Waals surface area contributed by atoms with E-state index in [4.69, 9.17) is 21.1 Å². The standard InChI is InChI=1S/C18H18ClFN2O4/c1-11(16(23)22-14-5-4-10-21-15(14)19)25-17(24)18(2,3)26-13-8-6-12(20)7-9-13/h4-11H,1-3H3,(H,22,23)/t11-/m1/s1. The highest BCUT2D eigenvalue weighted by Crippen LogP contribution is 2.21. The minimum absolute atomic E-state index is 0.124. The minimum atomic E-state index is -1.38. The van der Waals surface area contributed by atoms with Crippen LogP contribution in [0.2, 0.25) is 5.15 Å². The Bertz CT molecular complexity index is 796. The van der Waals surface area contributed by atoms with E-state index < -0.39 is 29.4 Å². The lowest BCUT2D eigenvalue weighted by Gasteiger charge is -2.26. The molecule has 1 amide bonds. The third kappa shape index (κ3) is 5.16. The van der Waals surface area contributed by atoms with Gasteiger partial charge in [0.1, 0.15) is 11.6 Å². The predicted molar refractivity (Wildman–Crippen MR) is 94.5 cm³/mol. The van der Waals surface area contributed by atoms with Crippen LogP contribution in [0.5, 0.6) is 5.75 Å². The van der Waals surface area contributed by atoms with E-state index in [0.717, 1.165) is 0 Å². The van der Waals surface area contributed by atoms with Crippen molar-refractivity contribution in [2.45, 2.75) is 32.5 Å². The molecule has 2 aromatic rings. The Labute approximate surface area is 155 Å². The van der Waals surface area contributed by atoms with Crippen LogP contribution in [0.15, 0.2) is 42.6 Å². The number of amides is 1. The second-order valence-corrected chi connectivity index (χ2v) is 6.30. The molecule has 1 aromatic carbocycles. The summed E-state index contributed by atoms with van der Waals surface area (Å²) in [6, 6.07) is 8.39. The highest BCUT2D eigenvalue weighted by Gasteiger charge is 2.34. The van der Waals surface area contributed by atoms with Crippen LogP contribution in [0, 0.1) is 5.82 Å². The number of esters is 1. The quantitative estimate of drug-likeness (QED) is 0.612. The molecule has 138 valence electrons. The predicted octanol–water partition coefficient (Wildman–Crippen LogP) is 3.60. The monoisotopic (exact) mass is 380 g/mol. The maximum Gasteiger partial charge on any atom is 0.350 e. The first-order valence-corrected chi connectivity index (χ1v) is 8.14. The molecule has 26 heavy (non-hydrogen) atoms. The molecule has 6 nitrogen and oxygen atoms in total. The zero-order valence-corrected chi connectivity index (χ0v) is 15.2. The smallest absolute Gasteiger partial charge is 0.350 e. The molecule has 0 aliphatic carbocycles. The van der Waals surface area contributed by atoms with Crippen LogP contribution in [-0.4, -0.2) is 28.6 Å². The number of aromatic nitrogens is 1. The number of pyridine rings is 1. The van der Waals surface area contributed by atoms with Crippen LogP contribution in [0.4, 0.5) is 10.1 Å². The van der Waals surface area contributed by atoms with Gasteiger partial charge in [0, 0.05) is 6.20 Å². The molecule has 0 fully saturated rings. The maximum atomic E-state index is 12.9. The van der Waals surface area contributed by atoms with Crippen molar-refractivity contribution in [3.8, 4) is 5.75 Å². The first-order valence-electron chi connectivity index (χ1n) is 7.76. The number of anilines is 1. The second-order valence-electron chi connectivity index (χ2n) is 5.94. The minimum Gasteiger partial charge on any atom is -0.476 e. The van der Waals surface area contributed by atoms with Crippen molar-refractivity contribution >= 4 is 29.2 Å². The lowest BCUT2D eigenvalue weighted by Crippen LogP contribution is -2.43. The molecule has 0 aliphatic rings. The van der Waals surface area contributed by atoms with E-state index >= 15 is 0 Å². The second kappa shape index (κ2) is 8.14. The number of benzene rings is 1. The van der Waals surface area contributed by atoms with Gasteiger partial charge in [-0.3, -0.25) is 4.79 Å². The molecule has 0 aliphatic heterocycles. The Morgan fingerprint density at radius 3 is 2.50 bits per heavy atom. The first-order chi connectivity index (χ1) is 12.2. The van der Waals surface area contributed by atoms with E-state index in [1.807, 2.05) is 0 Å². The Morgan fingerprint density at radius 2 is 1.88 bits per heavy atom. The molecule has 8 heteroatoms. The molecule has 0 saturated heterocycles. The summed E-state index contributed by atoms with van der Waals surface area (Å²) in [5.74, 6) is -1.43. The van der Waals surface area contributed by atoms with Crippen LogP contribution in [0.3, 0.4) is 0 Å². The van der Waals surface area contributed by atoms with Gasteiger partial charge in [-0.05, 0) is 57.2 Å². The number of nitrogens with zero attached hydrogens (tertiary/aromatic N) is 1. The summed E-state index contributed by atoms with van der Waals surface area (Å²) in [6.45, 7) is 4.40. The van der Waals surface area contributed by atoms with E-state index in [0.29, 0.717) is 11.4 Å². The molecule has 0 unspecified atom stereocenters. The summed E-state index contributed by atoms with van der Waals surface area (Å²) >= 11 is 5.87. The third-order valence-electron chi connectivity index (χ3n) is 3.35. The number of ether oxygens (including phenoxy) is 2. The lowest BCUT2D eigenvalue weighted by molar-refractivity contribution is -0.166. The third-order valence-corrected chi connectivity index (χ3v) is 3.65. The molecule has 0 spiro atoms. The van der Waals surface area contributed by atoms with Gasteiger partial charge >= 0.3 is 5.97 Å². The van der Waals surface area contributed by atoms with E-state index in [2.05, 4.69) is 10.3 Å². The van der Waals surface area contributed by atoms with Gasteiger partial charge in [-0.15, -0.1) is 0 Å². The molecule has 1 aromatic heterocycles. The molecule has 0 bridgehead atoms. The lowest BCUT2D eigenvalue weighted by atomic mass is 10.1. The number of halogens is 2. The van der Waals surface area contributed by atoms with Crippen molar-refractivity contribution in [3.05, 3.63) is 53.6 Å². The molecule has 1 atom stereocenters. The van der Waals surface area contributed by atoms with Crippen molar-refractivity contribution in [2.24, 2.45) is 0 Å². The number of hydrogen-bond donors (Lipinski definition) is 1. The van der Waals surface area contributed by atoms with E-state index in [-0.39, 0.29) is 5.15 Å². The topological polar surface area (TPSA) is 77.5 Å². The van der Waals surface area contributed by atoms with Crippen LogP contribution in [0.25, 0.3) is 0 Å². The fraction of sp³-hybridized carbons (Fsp3) is 0.278. The summed E-state index contributed by atoms with van der Waals surface area (Å²) in [7, 11) is 0. The number of hydrogen-bond acceptors (Lipinski definition) is 5. The number of carbonyl (C=O) groups is 2. The summed E-state index contributed by atoms with van der Waals surface area (Å²) in [4.78, 5) is 28.3. The van der Waals surface area contributed by atoms with E-state index in [9.17, 15) is 14.0 Å². The van der Waals surface area contributed by atoms with Crippen LogP contribution < -0.4 is 10.1 Å². The van der Waals surface area contributed by atoms with E-state index in [1.165, 1.54) is 51.2 Å².